The molecule has 0 radical (unpaired) electrons. The van der Waals surface area contributed by atoms with Crippen molar-refractivity contribution in [3.8, 4) is 0 Å². The molecule has 36 heavy (non-hydrogen) atoms. The van der Waals surface area contributed by atoms with Gasteiger partial charge in [0, 0.05) is 6.42 Å². The van der Waals surface area contributed by atoms with Gasteiger partial charge in [-0.05, 0) is 50.4 Å². The van der Waals surface area contributed by atoms with Crippen molar-refractivity contribution < 1.29 is 19.1 Å². The van der Waals surface area contributed by atoms with E-state index in [-0.39, 0.29) is 17.9 Å². The largest absolute Gasteiger partial charge is 0.466 e. The van der Waals surface area contributed by atoms with Crippen LogP contribution < -0.4 is 0 Å². The molecule has 0 fully saturated rings. The van der Waals surface area contributed by atoms with Crippen molar-refractivity contribution in [3.63, 3.8) is 0 Å². The molecule has 0 rings (SSSR count). The number of hydrogen-bond acceptors (Lipinski definition) is 4. The second-order valence-electron chi connectivity index (χ2n) is 11.8. The van der Waals surface area contributed by atoms with E-state index in [0.29, 0.717) is 19.6 Å². The third-order valence-electron chi connectivity index (χ3n) is 7.03. The van der Waals surface area contributed by atoms with E-state index in [0.717, 1.165) is 63.2 Å². The number of hydrogen-bond donors (Lipinski definition) is 0. The summed E-state index contributed by atoms with van der Waals surface area (Å²) in [6.45, 7) is 12.1. The van der Waals surface area contributed by atoms with E-state index in [9.17, 15) is 9.59 Å². The maximum Gasteiger partial charge on any atom is 0.308 e. The summed E-state index contributed by atoms with van der Waals surface area (Å²) in [4.78, 5) is 23.8. The summed E-state index contributed by atoms with van der Waals surface area (Å²) < 4.78 is 10.7. The minimum atomic E-state index is -0.0125. The number of carbonyl (C=O) groups is 2. The Kier molecular flexibility index (Phi) is 24.8. The molecule has 0 spiro atoms. The smallest absolute Gasteiger partial charge is 0.308 e. The van der Waals surface area contributed by atoms with E-state index < -0.39 is 0 Å². The molecule has 1 atom stereocenters. The van der Waals surface area contributed by atoms with Crippen LogP contribution in [0.25, 0.3) is 0 Å². The van der Waals surface area contributed by atoms with E-state index in [2.05, 4.69) is 27.7 Å². The summed E-state index contributed by atoms with van der Waals surface area (Å²) in [6.07, 6.45) is 23.2. The molecule has 0 amide bonds. The van der Waals surface area contributed by atoms with Crippen LogP contribution in [0.1, 0.15) is 163 Å². The summed E-state index contributed by atoms with van der Waals surface area (Å²) in [5.74, 6) is 1.49. The van der Waals surface area contributed by atoms with Gasteiger partial charge in [-0.15, -0.1) is 0 Å². The first kappa shape index (κ1) is 34.9. The number of unbranched alkanes of at least 4 members (excludes halogenated alkanes) is 13. The van der Waals surface area contributed by atoms with Crippen LogP contribution in [0.5, 0.6) is 0 Å². The summed E-state index contributed by atoms with van der Waals surface area (Å²) in [5.41, 5.74) is 0. The molecule has 0 N–H and O–H groups in total. The van der Waals surface area contributed by atoms with E-state index >= 15 is 0 Å². The molecule has 0 aliphatic carbocycles. The molecule has 0 bridgehead atoms. The van der Waals surface area contributed by atoms with Crippen molar-refractivity contribution in [1.29, 1.82) is 0 Å². The molecular formula is C32H62O4. The van der Waals surface area contributed by atoms with Gasteiger partial charge in [0.15, 0.2) is 0 Å². The number of rotatable bonds is 26. The zero-order valence-electron chi connectivity index (χ0n) is 24.9. The molecule has 0 aliphatic heterocycles. The zero-order valence-corrected chi connectivity index (χ0v) is 24.9. The lowest BCUT2D eigenvalue weighted by molar-refractivity contribution is -0.148. The monoisotopic (exact) mass is 510 g/mol. The van der Waals surface area contributed by atoms with Gasteiger partial charge in [0.05, 0.1) is 19.1 Å². The van der Waals surface area contributed by atoms with Crippen LogP contribution in [0.4, 0.5) is 0 Å². The fraction of sp³-hybridized carbons (Fsp3) is 0.938. The molecule has 214 valence electrons. The lowest BCUT2D eigenvalue weighted by atomic mass is 10.0. The summed E-state index contributed by atoms with van der Waals surface area (Å²) in [7, 11) is 0. The molecule has 0 saturated heterocycles. The van der Waals surface area contributed by atoms with Crippen LogP contribution in [0.3, 0.4) is 0 Å². The van der Waals surface area contributed by atoms with Gasteiger partial charge in [0.25, 0.3) is 0 Å². The molecule has 0 heterocycles. The zero-order chi connectivity index (χ0) is 26.9. The average molecular weight is 511 g/mol. The third kappa shape index (κ3) is 26.0. The minimum absolute atomic E-state index is 0.00741. The molecule has 0 aromatic rings. The van der Waals surface area contributed by atoms with E-state index in [1.54, 1.807) is 0 Å². The van der Waals surface area contributed by atoms with Gasteiger partial charge in [0.1, 0.15) is 0 Å². The second kappa shape index (κ2) is 25.6. The highest BCUT2D eigenvalue weighted by atomic mass is 16.5. The van der Waals surface area contributed by atoms with Crippen molar-refractivity contribution in [1.82, 2.24) is 0 Å². The maximum absolute atomic E-state index is 12.1. The van der Waals surface area contributed by atoms with E-state index in [1.807, 2.05) is 6.92 Å². The van der Waals surface area contributed by atoms with E-state index in [4.69, 9.17) is 9.47 Å². The van der Waals surface area contributed by atoms with Gasteiger partial charge < -0.3 is 9.47 Å². The van der Waals surface area contributed by atoms with Gasteiger partial charge in [-0.25, -0.2) is 0 Å². The Morgan fingerprint density at radius 1 is 0.472 bits per heavy atom. The van der Waals surface area contributed by atoms with Crippen LogP contribution in [-0.4, -0.2) is 25.2 Å². The molecule has 0 aromatic heterocycles. The fourth-order valence-electron chi connectivity index (χ4n) is 4.49. The fourth-order valence-corrected chi connectivity index (χ4v) is 4.49. The molecule has 1 unspecified atom stereocenters. The standard InChI is InChI=1S/C32H62O4/c1-28(2)22-18-20-26-35-31(33)25-17-15-13-11-9-7-6-8-10-12-14-16-24-30(5)32(34)36-27-21-19-23-29(3)4/h28-30H,6-27H2,1-5H3. The molecule has 0 aliphatic rings. The first-order valence-corrected chi connectivity index (χ1v) is 15.6. The predicted octanol–water partition coefficient (Wildman–Crippen LogP) is 9.82. The second-order valence-corrected chi connectivity index (χ2v) is 11.8. The first-order chi connectivity index (χ1) is 17.3. The van der Waals surface area contributed by atoms with Crippen LogP contribution in [0.15, 0.2) is 0 Å². The average Bonchev–Trinajstić information content (AvgIpc) is 2.83. The van der Waals surface area contributed by atoms with Crippen LogP contribution >= 0.6 is 0 Å². The van der Waals surface area contributed by atoms with Crippen molar-refractivity contribution in [2.45, 2.75) is 163 Å². The van der Waals surface area contributed by atoms with Crippen molar-refractivity contribution in [3.05, 3.63) is 0 Å². The first-order valence-electron chi connectivity index (χ1n) is 15.6. The summed E-state index contributed by atoms with van der Waals surface area (Å²) >= 11 is 0. The lowest BCUT2D eigenvalue weighted by Gasteiger charge is -2.11. The Balaban J connectivity index is 3.32. The van der Waals surface area contributed by atoms with Gasteiger partial charge in [-0.3, -0.25) is 9.59 Å². The summed E-state index contributed by atoms with van der Waals surface area (Å²) in [5, 5.41) is 0. The molecule has 4 nitrogen and oxygen atoms in total. The van der Waals surface area contributed by atoms with Crippen LogP contribution in [0.2, 0.25) is 0 Å². The highest BCUT2D eigenvalue weighted by molar-refractivity contribution is 5.71. The Morgan fingerprint density at radius 3 is 1.33 bits per heavy atom. The Hall–Kier alpha value is -1.06. The van der Waals surface area contributed by atoms with Crippen molar-refractivity contribution >= 4 is 11.9 Å². The normalized spacial score (nSPS) is 12.3. The van der Waals surface area contributed by atoms with Gasteiger partial charge in [0.2, 0.25) is 0 Å². The Bertz CT molecular complexity index is 500. The number of ether oxygens (including phenoxy) is 2. The predicted molar refractivity (Wildman–Crippen MR) is 153 cm³/mol. The molecular weight excluding hydrogens is 448 g/mol. The minimum Gasteiger partial charge on any atom is -0.466 e. The lowest BCUT2D eigenvalue weighted by Crippen LogP contribution is -2.15. The number of esters is 2. The Morgan fingerprint density at radius 2 is 0.861 bits per heavy atom. The van der Waals surface area contributed by atoms with Crippen molar-refractivity contribution in [2.24, 2.45) is 17.8 Å². The van der Waals surface area contributed by atoms with E-state index in [1.165, 1.54) is 70.6 Å². The highest BCUT2D eigenvalue weighted by Gasteiger charge is 2.13. The highest BCUT2D eigenvalue weighted by Crippen LogP contribution is 2.16. The number of carbonyl (C=O) groups excluding carboxylic acids is 2. The SMILES string of the molecule is CC(C)CCCCOC(=O)CCCCCCCCCCCCCCC(C)C(=O)OCCCCC(C)C. The molecule has 0 saturated carbocycles. The van der Waals surface area contributed by atoms with Gasteiger partial charge in [-0.1, -0.05) is 118 Å². The van der Waals surface area contributed by atoms with Crippen LogP contribution in [-0.2, 0) is 19.1 Å². The van der Waals surface area contributed by atoms with Crippen molar-refractivity contribution in [2.75, 3.05) is 13.2 Å². The quantitative estimate of drug-likeness (QED) is 0.0858. The maximum atomic E-state index is 12.1. The topological polar surface area (TPSA) is 52.6 Å². The molecule has 4 heteroatoms. The summed E-state index contributed by atoms with van der Waals surface area (Å²) in [6, 6.07) is 0. The molecule has 0 aromatic carbocycles. The third-order valence-corrected chi connectivity index (χ3v) is 7.03. The van der Waals surface area contributed by atoms with Gasteiger partial charge in [-0.2, -0.15) is 0 Å². The van der Waals surface area contributed by atoms with Gasteiger partial charge >= 0.3 is 11.9 Å². The Labute approximate surface area is 225 Å². The van der Waals surface area contributed by atoms with Crippen LogP contribution in [0, 0.1) is 17.8 Å².